The Morgan fingerprint density at radius 2 is 2.11 bits per heavy atom. The molecule has 0 amide bonds. The number of aromatic nitrogens is 1. The molecule has 0 aliphatic carbocycles. The lowest BCUT2D eigenvalue weighted by Crippen LogP contribution is -2.37. The van der Waals surface area contributed by atoms with Gasteiger partial charge in [0.15, 0.2) is 5.78 Å². The fourth-order valence-electron chi connectivity index (χ4n) is 1.80. The lowest BCUT2D eigenvalue weighted by atomic mass is 9.84. The van der Waals surface area contributed by atoms with Crippen LogP contribution < -0.4 is 5.73 Å². The molecule has 0 aromatic carbocycles. The highest BCUT2D eigenvalue weighted by molar-refractivity contribution is 6.03. The molecule has 4 heteroatoms. The van der Waals surface area contributed by atoms with E-state index < -0.39 is 6.10 Å². The third kappa shape index (κ3) is 3.29. The quantitative estimate of drug-likeness (QED) is 0.834. The molecule has 4 nitrogen and oxygen atoms in total. The van der Waals surface area contributed by atoms with E-state index >= 15 is 0 Å². The van der Waals surface area contributed by atoms with E-state index in [2.05, 4.69) is 4.98 Å². The Labute approximate surface area is 109 Å². The summed E-state index contributed by atoms with van der Waals surface area (Å²) in [4.78, 5) is 16.5. The minimum Gasteiger partial charge on any atom is -0.383 e. The molecule has 1 unspecified atom stereocenters. The minimum absolute atomic E-state index is 0.0990. The number of carbonyl (C=O) groups is 1. The summed E-state index contributed by atoms with van der Waals surface area (Å²) < 4.78 is 5.58. The third-order valence-electron chi connectivity index (χ3n) is 2.68. The van der Waals surface area contributed by atoms with Crippen LogP contribution in [0.3, 0.4) is 0 Å². The topological polar surface area (TPSA) is 65.2 Å². The molecule has 0 radical (unpaired) electrons. The summed E-state index contributed by atoms with van der Waals surface area (Å²) in [5.74, 6) is 0.164. The molecule has 1 rings (SSSR count). The summed E-state index contributed by atoms with van der Waals surface area (Å²) in [6, 6.07) is 1.77. The Hall–Kier alpha value is -1.42. The Balaban J connectivity index is 3.13. The number of aryl methyl sites for hydroxylation is 1. The molecule has 18 heavy (non-hydrogen) atoms. The van der Waals surface area contributed by atoms with Crippen molar-refractivity contribution in [3.05, 3.63) is 23.4 Å². The van der Waals surface area contributed by atoms with Crippen LogP contribution in [0.4, 0.5) is 5.82 Å². The van der Waals surface area contributed by atoms with Gasteiger partial charge in [0.25, 0.3) is 0 Å². The van der Waals surface area contributed by atoms with Gasteiger partial charge in [-0.3, -0.25) is 4.79 Å². The highest BCUT2D eigenvalue weighted by Gasteiger charge is 2.33. The molecule has 100 valence electrons. The smallest absolute Gasteiger partial charge is 0.195 e. The van der Waals surface area contributed by atoms with E-state index in [0.29, 0.717) is 12.2 Å². The van der Waals surface area contributed by atoms with Crippen LogP contribution in [0.1, 0.15) is 43.6 Å². The number of hydrogen-bond donors (Lipinski definition) is 1. The normalized spacial score (nSPS) is 13.4. The van der Waals surface area contributed by atoms with Crippen LogP contribution in [0.25, 0.3) is 0 Å². The standard InChI is InChI=1S/C14H22N2O2/c1-6-18-12(14(3,4)5)11(17)10-7-9(2)8-16-13(10)15/h7-8,12H,6H2,1-5H3,(H2,15,16). The Kier molecular flexibility index (Phi) is 4.46. The molecule has 1 atom stereocenters. The number of ether oxygens (including phenoxy) is 1. The van der Waals surface area contributed by atoms with Crippen LogP contribution in [0.5, 0.6) is 0 Å². The number of nitrogens with two attached hydrogens (primary N) is 1. The van der Waals surface area contributed by atoms with Gasteiger partial charge in [-0.25, -0.2) is 4.98 Å². The molecule has 1 aromatic heterocycles. The highest BCUT2D eigenvalue weighted by atomic mass is 16.5. The van der Waals surface area contributed by atoms with Crippen LogP contribution in [0.2, 0.25) is 0 Å². The number of pyridine rings is 1. The molecule has 0 fully saturated rings. The van der Waals surface area contributed by atoms with Gasteiger partial charge in [-0.2, -0.15) is 0 Å². The minimum atomic E-state index is -0.506. The number of anilines is 1. The highest BCUT2D eigenvalue weighted by Crippen LogP contribution is 2.27. The van der Waals surface area contributed by atoms with Gasteiger partial charge in [-0.1, -0.05) is 20.8 Å². The molecule has 2 N–H and O–H groups in total. The average Bonchev–Trinajstić information content (AvgIpc) is 2.27. The van der Waals surface area contributed by atoms with Gasteiger partial charge in [0, 0.05) is 12.8 Å². The number of hydrogen-bond acceptors (Lipinski definition) is 4. The Bertz CT molecular complexity index is 436. The van der Waals surface area contributed by atoms with Crippen LogP contribution in [0.15, 0.2) is 12.3 Å². The van der Waals surface area contributed by atoms with E-state index in [4.69, 9.17) is 10.5 Å². The third-order valence-corrected chi connectivity index (χ3v) is 2.68. The molecule has 0 aliphatic rings. The van der Waals surface area contributed by atoms with Crippen molar-refractivity contribution < 1.29 is 9.53 Å². The molecular formula is C14H22N2O2. The van der Waals surface area contributed by atoms with Crippen molar-refractivity contribution in [3.8, 4) is 0 Å². The van der Waals surface area contributed by atoms with Crippen LogP contribution in [-0.2, 0) is 4.74 Å². The molecule has 0 bridgehead atoms. The predicted molar refractivity (Wildman–Crippen MR) is 72.6 cm³/mol. The zero-order chi connectivity index (χ0) is 13.9. The van der Waals surface area contributed by atoms with Gasteiger partial charge in [0.05, 0.1) is 5.56 Å². The first-order valence-electron chi connectivity index (χ1n) is 6.15. The maximum Gasteiger partial charge on any atom is 0.195 e. The van der Waals surface area contributed by atoms with Crippen molar-refractivity contribution in [2.45, 2.75) is 40.7 Å². The summed E-state index contributed by atoms with van der Waals surface area (Å²) in [6.07, 6.45) is 1.15. The monoisotopic (exact) mass is 250 g/mol. The van der Waals surface area contributed by atoms with Crippen molar-refractivity contribution in [2.24, 2.45) is 5.41 Å². The van der Waals surface area contributed by atoms with Gasteiger partial charge in [-0.05, 0) is 30.9 Å². The zero-order valence-corrected chi connectivity index (χ0v) is 11.8. The van der Waals surface area contributed by atoms with Gasteiger partial charge >= 0.3 is 0 Å². The maximum atomic E-state index is 12.5. The molecule has 0 saturated carbocycles. The SMILES string of the molecule is CCOC(C(=O)c1cc(C)cnc1N)C(C)(C)C. The first-order chi connectivity index (χ1) is 8.27. The number of rotatable bonds is 4. The Morgan fingerprint density at radius 3 is 2.61 bits per heavy atom. The number of Topliss-reactive ketones (excluding diaryl/α,β-unsaturated/α-hetero) is 1. The summed E-state index contributed by atoms with van der Waals surface area (Å²) >= 11 is 0. The first kappa shape index (κ1) is 14.6. The van der Waals surface area contributed by atoms with Gasteiger partial charge in [0.1, 0.15) is 11.9 Å². The molecule has 0 aliphatic heterocycles. The average molecular weight is 250 g/mol. The predicted octanol–water partition coefficient (Wildman–Crippen LogP) is 2.61. The Morgan fingerprint density at radius 1 is 1.50 bits per heavy atom. The molecule has 1 aromatic rings. The van der Waals surface area contributed by atoms with Crippen molar-refractivity contribution >= 4 is 11.6 Å². The lowest BCUT2D eigenvalue weighted by molar-refractivity contribution is -0.000180. The van der Waals surface area contributed by atoms with Gasteiger partial charge < -0.3 is 10.5 Å². The first-order valence-corrected chi connectivity index (χ1v) is 6.15. The molecular weight excluding hydrogens is 228 g/mol. The van der Waals surface area contributed by atoms with Crippen molar-refractivity contribution in [1.82, 2.24) is 4.98 Å². The van der Waals surface area contributed by atoms with E-state index in [-0.39, 0.29) is 17.0 Å². The second kappa shape index (κ2) is 5.48. The number of nitrogen functional groups attached to an aromatic ring is 1. The summed E-state index contributed by atoms with van der Waals surface area (Å²) in [6.45, 7) is 10.2. The zero-order valence-electron chi connectivity index (χ0n) is 11.8. The van der Waals surface area contributed by atoms with Crippen molar-refractivity contribution in [3.63, 3.8) is 0 Å². The van der Waals surface area contributed by atoms with Gasteiger partial charge in [-0.15, -0.1) is 0 Å². The van der Waals surface area contributed by atoms with E-state index in [1.54, 1.807) is 12.3 Å². The molecule has 1 heterocycles. The second-order valence-electron chi connectivity index (χ2n) is 5.51. The van der Waals surface area contributed by atoms with Crippen LogP contribution in [-0.4, -0.2) is 23.5 Å². The van der Waals surface area contributed by atoms with E-state index in [1.807, 2.05) is 34.6 Å². The van der Waals surface area contributed by atoms with Crippen molar-refractivity contribution in [2.75, 3.05) is 12.3 Å². The number of carbonyl (C=O) groups excluding carboxylic acids is 1. The largest absolute Gasteiger partial charge is 0.383 e. The number of ketones is 1. The van der Waals surface area contributed by atoms with E-state index in [1.165, 1.54) is 0 Å². The lowest BCUT2D eigenvalue weighted by Gasteiger charge is -2.29. The van der Waals surface area contributed by atoms with Crippen molar-refractivity contribution in [1.29, 1.82) is 0 Å². The summed E-state index contributed by atoms with van der Waals surface area (Å²) in [5.41, 5.74) is 6.87. The van der Waals surface area contributed by atoms with E-state index in [0.717, 1.165) is 5.56 Å². The fraction of sp³-hybridized carbons (Fsp3) is 0.571. The molecule has 0 spiro atoms. The maximum absolute atomic E-state index is 12.5. The summed E-state index contributed by atoms with van der Waals surface area (Å²) in [5, 5.41) is 0. The van der Waals surface area contributed by atoms with E-state index in [9.17, 15) is 4.79 Å². The van der Waals surface area contributed by atoms with Gasteiger partial charge in [0.2, 0.25) is 0 Å². The van der Waals surface area contributed by atoms with Crippen LogP contribution >= 0.6 is 0 Å². The fourth-order valence-corrected chi connectivity index (χ4v) is 1.80. The molecule has 0 saturated heterocycles. The van der Waals surface area contributed by atoms with Crippen LogP contribution in [0, 0.1) is 12.3 Å². The number of nitrogens with zero attached hydrogens (tertiary/aromatic N) is 1. The second-order valence-corrected chi connectivity index (χ2v) is 5.51. The summed E-state index contributed by atoms with van der Waals surface area (Å²) in [7, 11) is 0.